The zero-order chi connectivity index (χ0) is 13.7. The first-order valence-electron chi connectivity index (χ1n) is 7.33. The van der Waals surface area contributed by atoms with Crippen LogP contribution in [0.5, 0.6) is 0 Å². The fourth-order valence-electron chi connectivity index (χ4n) is 3.37. The predicted molar refractivity (Wildman–Crippen MR) is 80.8 cm³/mol. The molecule has 0 aromatic heterocycles. The van der Waals surface area contributed by atoms with E-state index in [1.807, 2.05) is 0 Å². The van der Waals surface area contributed by atoms with Gasteiger partial charge in [0.1, 0.15) is 0 Å². The van der Waals surface area contributed by atoms with Crippen LogP contribution < -0.4 is 5.06 Å². The Morgan fingerprint density at radius 2 is 1.75 bits per heavy atom. The summed E-state index contributed by atoms with van der Waals surface area (Å²) in [4.78, 5) is 6.09. The second kappa shape index (κ2) is 4.35. The second-order valence-electron chi connectivity index (χ2n) is 6.05. The van der Waals surface area contributed by atoms with Crippen molar-refractivity contribution < 1.29 is 4.84 Å². The van der Waals surface area contributed by atoms with Crippen LogP contribution in [0.2, 0.25) is 0 Å². The highest BCUT2D eigenvalue weighted by Crippen LogP contribution is 2.44. The molecule has 2 bridgehead atoms. The van der Waals surface area contributed by atoms with Crippen LogP contribution in [0.4, 0.5) is 5.69 Å². The van der Waals surface area contributed by atoms with E-state index >= 15 is 0 Å². The summed E-state index contributed by atoms with van der Waals surface area (Å²) < 4.78 is 0. The molecule has 2 aromatic rings. The maximum Gasteiger partial charge on any atom is 0.0921 e. The lowest BCUT2D eigenvalue weighted by Crippen LogP contribution is -2.27. The number of fused-ring (bicyclic) bond motifs is 4. The lowest BCUT2D eigenvalue weighted by molar-refractivity contribution is 0.0734. The topological polar surface area (TPSA) is 12.5 Å². The smallest absolute Gasteiger partial charge is 0.0921 e. The minimum atomic E-state index is 0.329. The van der Waals surface area contributed by atoms with Gasteiger partial charge < -0.3 is 0 Å². The molecule has 1 saturated heterocycles. The SMILES string of the molecule is Cc1ccc([C@@H]2C[C@@H]3Cc4cc(C)ccc4N2O3)cc1. The van der Waals surface area contributed by atoms with Gasteiger partial charge in [-0.3, -0.25) is 4.84 Å². The van der Waals surface area contributed by atoms with E-state index in [1.165, 1.54) is 27.9 Å². The molecule has 2 heterocycles. The molecule has 2 aromatic carbocycles. The molecule has 102 valence electrons. The summed E-state index contributed by atoms with van der Waals surface area (Å²) in [6, 6.07) is 15.9. The molecule has 1 fully saturated rings. The predicted octanol–water partition coefficient (Wildman–Crippen LogP) is 4.11. The van der Waals surface area contributed by atoms with Crippen molar-refractivity contribution in [1.29, 1.82) is 0 Å². The highest BCUT2D eigenvalue weighted by molar-refractivity contribution is 5.57. The van der Waals surface area contributed by atoms with Crippen LogP contribution in [0.15, 0.2) is 42.5 Å². The maximum absolute atomic E-state index is 6.09. The van der Waals surface area contributed by atoms with E-state index in [0.29, 0.717) is 12.1 Å². The number of hydrogen-bond acceptors (Lipinski definition) is 2. The molecule has 4 rings (SSSR count). The number of rotatable bonds is 1. The third kappa shape index (κ3) is 1.83. The number of benzene rings is 2. The van der Waals surface area contributed by atoms with Crippen LogP contribution in [-0.2, 0) is 11.3 Å². The number of aryl methyl sites for hydroxylation is 2. The Morgan fingerprint density at radius 3 is 2.55 bits per heavy atom. The van der Waals surface area contributed by atoms with Gasteiger partial charge in [-0.05, 0) is 31.0 Å². The van der Waals surface area contributed by atoms with E-state index in [2.05, 4.69) is 61.4 Å². The quantitative estimate of drug-likeness (QED) is 0.769. The second-order valence-corrected chi connectivity index (χ2v) is 6.05. The largest absolute Gasteiger partial charge is 0.269 e. The summed E-state index contributed by atoms with van der Waals surface area (Å²) in [5, 5.41) is 2.13. The molecular formula is C18H19NO. The fourth-order valence-corrected chi connectivity index (χ4v) is 3.37. The van der Waals surface area contributed by atoms with E-state index in [4.69, 9.17) is 4.84 Å². The van der Waals surface area contributed by atoms with Crippen molar-refractivity contribution in [3.63, 3.8) is 0 Å². The minimum absolute atomic E-state index is 0.329. The Labute approximate surface area is 119 Å². The first-order valence-corrected chi connectivity index (χ1v) is 7.33. The number of hydroxylamine groups is 1. The fraction of sp³-hybridized carbons (Fsp3) is 0.333. The van der Waals surface area contributed by atoms with Crippen LogP contribution in [0.3, 0.4) is 0 Å². The zero-order valence-electron chi connectivity index (χ0n) is 12.0. The van der Waals surface area contributed by atoms with Crippen molar-refractivity contribution in [3.05, 3.63) is 64.7 Å². The molecule has 20 heavy (non-hydrogen) atoms. The van der Waals surface area contributed by atoms with Crippen molar-refractivity contribution in [2.75, 3.05) is 5.06 Å². The van der Waals surface area contributed by atoms with Gasteiger partial charge >= 0.3 is 0 Å². The van der Waals surface area contributed by atoms with Gasteiger partial charge in [0, 0.05) is 12.8 Å². The van der Waals surface area contributed by atoms with Crippen molar-refractivity contribution >= 4 is 5.69 Å². The zero-order valence-corrected chi connectivity index (χ0v) is 12.0. The van der Waals surface area contributed by atoms with Crippen LogP contribution in [0.25, 0.3) is 0 Å². The Hall–Kier alpha value is -1.80. The average molecular weight is 265 g/mol. The molecule has 0 saturated carbocycles. The summed E-state index contributed by atoms with van der Waals surface area (Å²) in [7, 11) is 0. The maximum atomic E-state index is 6.09. The van der Waals surface area contributed by atoms with E-state index in [0.717, 1.165) is 12.8 Å². The number of nitrogens with zero attached hydrogens (tertiary/aromatic N) is 1. The Morgan fingerprint density at radius 1 is 1.00 bits per heavy atom. The minimum Gasteiger partial charge on any atom is -0.269 e. The molecule has 0 radical (unpaired) electrons. The monoisotopic (exact) mass is 265 g/mol. The van der Waals surface area contributed by atoms with E-state index in [9.17, 15) is 0 Å². The Bertz CT molecular complexity index is 647. The van der Waals surface area contributed by atoms with Gasteiger partial charge in [0.15, 0.2) is 0 Å². The van der Waals surface area contributed by atoms with Crippen LogP contribution in [0.1, 0.15) is 34.7 Å². The normalized spacial score (nSPS) is 23.8. The summed E-state index contributed by atoms with van der Waals surface area (Å²) >= 11 is 0. The number of hydrogen-bond donors (Lipinski definition) is 0. The standard InChI is InChI=1S/C18H19NO/c1-12-3-6-14(7-4-12)18-11-16-10-15-9-13(2)5-8-17(15)19(18)20-16/h3-9,16,18H,10-11H2,1-2H3/t16-,18-/m0/s1. The lowest BCUT2D eigenvalue weighted by Gasteiger charge is -2.30. The molecule has 2 atom stereocenters. The van der Waals surface area contributed by atoms with Crippen molar-refractivity contribution in [1.82, 2.24) is 0 Å². The van der Waals surface area contributed by atoms with E-state index in [-0.39, 0.29) is 0 Å². The van der Waals surface area contributed by atoms with E-state index < -0.39 is 0 Å². The van der Waals surface area contributed by atoms with Crippen LogP contribution >= 0.6 is 0 Å². The lowest BCUT2D eigenvalue weighted by atomic mass is 9.99. The molecule has 0 N–H and O–H groups in total. The van der Waals surface area contributed by atoms with Crippen LogP contribution in [0, 0.1) is 13.8 Å². The van der Waals surface area contributed by atoms with Gasteiger partial charge in [-0.25, -0.2) is 5.06 Å². The van der Waals surface area contributed by atoms with Crippen molar-refractivity contribution in [2.24, 2.45) is 0 Å². The summed E-state index contributed by atoms with van der Waals surface area (Å²) in [6.07, 6.45) is 2.45. The summed E-state index contributed by atoms with van der Waals surface area (Å²) in [6.45, 7) is 4.29. The first kappa shape index (κ1) is 12.0. The van der Waals surface area contributed by atoms with Gasteiger partial charge in [0.25, 0.3) is 0 Å². The highest BCUT2D eigenvalue weighted by Gasteiger charge is 2.39. The molecule has 0 spiro atoms. The molecule has 2 nitrogen and oxygen atoms in total. The third-order valence-electron chi connectivity index (χ3n) is 4.41. The van der Waals surface area contributed by atoms with Gasteiger partial charge in [0.2, 0.25) is 0 Å². The molecule has 2 aliphatic rings. The first-order chi connectivity index (χ1) is 9.70. The van der Waals surface area contributed by atoms with Gasteiger partial charge in [-0.2, -0.15) is 0 Å². The van der Waals surface area contributed by atoms with E-state index in [1.54, 1.807) is 0 Å². The number of anilines is 1. The molecule has 2 aliphatic heterocycles. The molecule has 2 heteroatoms. The average Bonchev–Trinajstić information content (AvgIpc) is 2.78. The third-order valence-corrected chi connectivity index (χ3v) is 4.41. The van der Waals surface area contributed by atoms with Crippen molar-refractivity contribution in [2.45, 2.75) is 38.8 Å². The molecular weight excluding hydrogens is 246 g/mol. The molecule has 0 unspecified atom stereocenters. The molecule has 0 aliphatic carbocycles. The van der Waals surface area contributed by atoms with Gasteiger partial charge in [-0.15, -0.1) is 0 Å². The van der Waals surface area contributed by atoms with Crippen LogP contribution in [-0.4, -0.2) is 6.10 Å². The summed E-state index contributed by atoms with van der Waals surface area (Å²) in [5.41, 5.74) is 6.66. The Kier molecular flexibility index (Phi) is 2.61. The van der Waals surface area contributed by atoms with Gasteiger partial charge in [-0.1, -0.05) is 47.5 Å². The Balaban J connectivity index is 1.75. The highest BCUT2D eigenvalue weighted by atomic mass is 16.7. The summed E-state index contributed by atoms with van der Waals surface area (Å²) in [5.74, 6) is 0. The van der Waals surface area contributed by atoms with Gasteiger partial charge in [0.05, 0.1) is 17.8 Å². The van der Waals surface area contributed by atoms with Crippen molar-refractivity contribution in [3.8, 4) is 0 Å². The molecule has 0 amide bonds.